The monoisotopic (exact) mass is 311 g/mol. The molecule has 0 bridgehead atoms. The Morgan fingerprint density at radius 2 is 2.00 bits per heavy atom. The molecule has 3 aromatic rings. The molecule has 6 heteroatoms. The zero-order valence-corrected chi connectivity index (χ0v) is 12.6. The Bertz CT molecular complexity index is 778. The minimum absolute atomic E-state index is 0.152. The van der Waals surface area contributed by atoms with Gasteiger partial charge >= 0.3 is 0 Å². The van der Waals surface area contributed by atoms with Crippen LogP contribution in [0, 0.1) is 0 Å². The van der Waals surface area contributed by atoms with Crippen LogP contribution < -0.4 is 10.1 Å². The summed E-state index contributed by atoms with van der Waals surface area (Å²) in [5.74, 6) is 1.13. The summed E-state index contributed by atoms with van der Waals surface area (Å²) in [4.78, 5) is 19.6. The molecule has 6 nitrogen and oxygen atoms in total. The number of fused-ring (bicyclic) bond motifs is 1. The SMILES string of the molecule is CC(Oc1ccc(O)cc1)C(=O)NCc1nc2ccccc2[nH]1. The molecule has 0 saturated carbocycles. The van der Waals surface area contributed by atoms with Gasteiger partial charge in [-0.25, -0.2) is 4.98 Å². The number of ether oxygens (including phenoxy) is 1. The number of H-pyrrole nitrogens is 1. The maximum absolute atomic E-state index is 12.1. The van der Waals surface area contributed by atoms with Gasteiger partial charge in [0.15, 0.2) is 6.10 Å². The van der Waals surface area contributed by atoms with Crippen molar-refractivity contribution in [2.75, 3.05) is 0 Å². The standard InChI is InChI=1S/C17H17N3O3/c1-11(23-13-8-6-12(21)7-9-13)17(22)18-10-16-19-14-4-2-3-5-15(14)20-16/h2-9,11,21H,10H2,1H3,(H,18,22)(H,19,20). The van der Waals surface area contributed by atoms with Gasteiger partial charge in [-0.3, -0.25) is 4.79 Å². The lowest BCUT2D eigenvalue weighted by atomic mass is 10.3. The first-order valence-electron chi connectivity index (χ1n) is 7.29. The van der Waals surface area contributed by atoms with Gasteiger partial charge in [0.25, 0.3) is 5.91 Å². The van der Waals surface area contributed by atoms with Crippen LogP contribution in [0.3, 0.4) is 0 Å². The number of aromatic hydroxyl groups is 1. The quantitative estimate of drug-likeness (QED) is 0.675. The molecule has 3 N–H and O–H groups in total. The Kier molecular flexibility index (Phi) is 4.14. The van der Waals surface area contributed by atoms with Crippen molar-refractivity contribution < 1.29 is 14.6 Å². The third-order valence-corrected chi connectivity index (χ3v) is 3.39. The maximum Gasteiger partial charge on any atom is 0.261 e. The molecule has 0 fully saturated rings. The molecule has 118 valence electrons. The number of amides is 1. The summed E-state index contributed by atoms with van der Waals surface area (Å²) in [7, 11) is 0. The zero-order chi connectivity index (χ0) is 16.2. The number of phenols is 1. The predicted molar refractivity (Wildman–Crippen MR) is 86.1 cm³/mol. The molecule has 1 heterocycles. The van der Waals surface area contributed by atoms with Crippen LogP contribution in [0.25, 0.3) is 11.0 Å². The lowest BCUT2D eigenvalue weighted by Crippen LogP contribution is -2.36. The van der Waals surface area contributed by atoms with Crippen LogP contribution in [0.1, 0.15) is 12.7 Å². The van der Waals surface area contributed by atoms with Crippen LogP contribution in [-0.4, -0.2) is 27.1 Å². The van der Waals surface area contributed by atoms with Gasteiger partial charge in [0.2, 0.25) is 0 Å². The van der Waals surface area contributed by atoms with Gasteiger partial charge in [0.05, 0.1) is 17.6 Å². The van der Waals surface area contributed by atoms with E-state index in [-0.39, 0.29) is 11.7 Å². The Hall–Kier alpha value is -3.02. The second-order valence-electron chi connectivity index (χ2n) is 5.17. The summed E-state index contributed by atoms with van der Waals surface area (Å²) in [6, 6.07) is 13.9. The van der Waals surface area contributed by atoms with Crippen molar-refractivity contribution in [2.24, 2.45) is 0 Å². The molecule has 1 unspecified atom stereocenters. The summed E-state index contributed by atoms with van der Waals surface area (Å²) in [5, 5.41) is 12.0. The second-order valence-corrected chi connectivity index (χ2v) is 5.17. The molecule has 0 aliphatic rings. The lowest BCUT2D eigenvalue weighted by Gasteiger charge is -2.14. The number of para-hydroxylation sites is 2. The zero-order valence-electron chi connectivity index (χ0n) is 12.6. The number of carbonyl (C=O) groups is 1. The van der Waals surface area contributed by atoms with Crippen molar-refractivity contribution in [3.8, 4) is 11.5 Å². The van der Waals surface area contributed by atoms with E-state index in [9.17, 15) is 9.90 Å². The highest BCUT2D eigenvalue weighted by atomic mass is 16.5. The van der Waals surface area contributed by atoms with Gasteiger partial charge in [-0.15, -0.1) is 0 Å². The molecule has 3 rings (SSSR count). The maximum atomic E-state index is 12.1. The number of hydrogen-bond acceptors (Lipinski definition) is 4. The fourth-order valence-corrected chi connectivity index (χ4v) is 2.19. The normalized spacial score (nSPS) is 12.0. The molecule has 1 atom stereocenters. The van der Waals surface area contributed by atoms with E-state index in [1.807, 2.05) is 24.3 Å². The Morgan fingerprint density at radius 1 is 1.26 bits per heavy atom. The summed E-state index contributed by atoms with van der Waals surface area (Å²) < 4.78 is 5.52. The fourth-order valence-electron chi connectivity index (χ4n) is 2.19. The third-order valence-electron chi connectivity index (χ3n) is 3.39. The molecular weight excluding hydrogens is 294 g/mol. The van der Waals surface area contributed by atoms with E-state index >= 15 is 0 Å². The lowest BCUT2D eigenvalue weighted by molar-refractivity contribution is -0.127. The van der Waals surface area contributed by atoms with Crippen LogP contribution in [-0.2, 0) is 11.3 Å². The van der Waals surface area contributed by atoms with Crippen molar-refractivity contribution in [1.29, 1.82) is 0 Å². The average Bonchev–Trinajstić information content (AvgIpc) is 2.97. The van der Waals surface area contributed by atoms with Gasteiger partial charge in [-0.05, 0) is 43.3 Å². The van der Waals surface area contributed by atoms with Crippen LogP contribution in [0.15, 0.2) is 48.5 Å². The molecule has 1 amide bonds. The van der Waals surface area contributed by atoms with Gasteiger partial charge in [0.1, 0.15) is 17.3 Å². The van der Waals surface area contributed by atoms with E-state index in [2.05, 4.69) is 15.3 Å². The minimum atomic E-state index is -0.649. The number of nitrogens with one attached hydrogen (secondary N) is 2. The number of aromatic amines is 1. The number of imidazole rings is 1. The Morgan fingerprint density at radius 3 is 2.74 bits per heavy atom. The molecule has 2 aromatic carbocycles. The first-order chi connectivity index (χ1) is 11.1. The van der Waals surface area contributed by atoms with E-state index in [1.165, 1.54) is 12.1 Å². The molecule has 0 saturated heterocycles. The fraction of sp³-hybridized carbons (Fsp3) is 0.176. The van der Waals surface area contributed by atoms with E-state index in [0.29, 0.717) is 18.1 Å². The van der Waals surface area contributed by atoms with Gasteiger partial charge in [-0.2, -0.15) is 0 Å². The van der Waals surface area contributed by atoms with E-state index in [4.69, 9.17) is 4.74 Å². The summed E-state index contributed by atoms with van der Waals surface area (Å²) in [5.41, 5.74) is 1.80. The summed E-state index contributed by atoms with van der Waals surface area (Å²) in [6.45, 7) is 1.97. The molecule has 0 aliphatic carbocycles. The van der Waals surface area contributed by atoms with Gasteiger partial charge in [0, 0.05) is 0 Å². The molecule has 0 spiro atoms. The third kappa shape index (κ3) is 3.60. The van der Waals surface area contributed by atoms with E-state index in [0.717, 1.165) is 11.0 Å². The molecule has 1 aromatic heterocycles. The van der Waals surface area contributed by atoms with Crippen molar-refractivity contribution >= 4 is 16.9 Å². The van der Waals surface area contributed by atoms with E-state index in [1.54, 1.807) is 19.1 Å². The number of hydrogen-bond donors (Lipinski definition) is 3. The predicted octanol–water partition coefficient (Wildman–Crippen LogP) is 2.35. The van der Waals surface area contributed by atoms with Crippen LogP contribution in [0.4, 0.5) is 0 Å². The molecule has 0 radical (unpaired) electrons. The van der Waals surface area contributed by atoms with Crippen LogP contribution >= 0.6 is 0 Å². The minimum Gasteiger partial charge on any atom is -0.508 e. The number of nitrogens with zero attached hydrogens (tertiary/aromatic N) is 1. The molecular formula is C17H17N3O3. The first kappa shape index (κ1) is 14.9. The first-order valence-corrected chi connectivity index (χ1v) is 7.29. The number of phenolic OH excluding ortho intramolecular Hbond substituents is 1. The number of carbonyl (C=O) groups excluding carboxylic acids is 1. The van der Waals surface area contributed by atoms with Crippen molar-refractivity contribution in [3.05, 3.63) is 54.4 Å². The number of rotatable bonds is 5. The van der Waals surface area contributed by atoms with Crippen molar-refractivity contribution in [3.63, 3.8) is 0 Å². The number of benzene rings is 2. The van der Waals surface area contributed by atoms with Crippen molar-refractivity contribution in [1.82, 2.24) is 15.3 Å². The molecule has 23 heavy (non-hydrogen) atoms. The second kappa shape index (κ2) is 6.39. The molecule has 0 aliphatic heterocycles. The topological polar surface area (TPSA) is 87.2 Å². The summed E-state index contributed by atoms with van der Waals surface area (Å²) >= 11 is 0. The van der Waals surface area contributed by atoms with Crippen LogP contribution in [0.5, 0.6) is 11.5 Å². The highest BCUT2D eigenvalue weighted by Gasteiger charge is 2.15. The highest BCUT2D eigenvalue weighted by molar-refractivity contribution is 5.81. The van der Waals surface area contributed by atoms with Crippen molar-refractivity contribution in [2.45, 2.75) is 19.6 Å². The Labute approximate surface area is 133 Å². The van der Waals surface area contributed by atoms with Gasteiger partial charge in [-0.1, -0.05) is 12.1 Å². The summed E-state index contributed by atoms with van der Waals surface area (Å²) in [6.07, 6.45) is -0.649. The van der Waals surface area contributed by atoms with Crippen LogP contribution in [0.2, 0.25) is 0 Å². The number of aromatic nitrogens is 2. The highest BCUT2D eigenvalue weighted by Crippen LogP contribution is 2.17. The Balaban J connectivity index is 1.56. The van der Waals surface area contributed by atoms with E-state index < -0.39 is 6.10 Å². The largest absolute Gasteiger partial charge is 0.508 e. The van der Waals surface area contributed by atoms with Gasteiger partial charge < -0.3 is 20.1 Å². The smallest absolute Gasteiger partial charge is 0.261 e. The average molecular weight is 311 g/mol.